The number of halogens is 1. The van der Waals surface area contributed by atoms with E-state index in [9.17, 15) is 4.79 Å². The maximum absolute atomic E-state index is 12.3. The molecule has 2 heterocycles. The highest BCUT2D eigenvalue weighted by atomic mass is 79.9. The summed E-state index contributed by atoms with van der Waals surface area (Å²) in [5.74, 6) is 1.47. The third-order valence-electron chi connectivity index (χ3n) is 3.67. The Kier molecular flexibility index (Phi) is 5.58. The molecule has 1 atom stereocenters. The molecule has 1 amide bonds. The Morgan fingerprint density at radius 1 is 1.33 bits per heavy atom. The summed E-state index contributed by atoms with van der Waals surface area (Å²) >= 11 is 3.39. The molecule has 2 N–H and O–H groups in total. The van der Waals surface area contributed by atoms with Crippen LogP contribution < -0.4 is 10.6 Å². The maximum atomic E-state index is 12.3. The summed E-state index contributed by atoms with van der Waals surface area (Å²) in [5.41, 5.74) is 5.99. The molecule has 1 aliphatic heterocycles. The van der Waals surface area contributed by atoms with Crippen molar-refractivity contribution in [3.05, 3.63) is 22.8 Å². The Morgan fingerprint density at radius 3 is 2.52 bits per heavy atom. The lowest BCUT2D eigenvalue weighted by atomic mass is 10.0. The Hall–Kier alpha value is -1.14. The van der Waals surface area contributed by atoms with Crippen LogP contribution in [0.4, 0.5) is 5.82 Å². The molecule has 21 heavy (non-hydrogen) atoms. The van der Waals surface area contributed by atoms with E-state index in [4.69, 9.17) is 5.73 Å². The van der Waals surface area contributed by atoms with Gasteiger partial charge in [0.1, 0.15) is 5.82 Å². The van der Waals surface area contributed by atoms with Crippen LogP contribution in [0.2, 0.25) is 0 Å². The van der Waals surface area contributed by atoms with Crippen LogP contribution in [0.15, 0.2) is 22.8 Å². The summed E-state index contributed by atoms with van der Waals surface area (Å²) in [4.78, 5) is 20.8. The zero-order chi connectivity index (χ0) is 15.4. The number of pyridine rings is 1. The van der Waals surface area contributed by atoms with Gasteiger partial charge in [0.2, 0.25) is 5.91 Å². The van der Waals surface area contributed by atoms with Crippen LogP contribution in [-0.4, -0.2) is 48.0 Å². The summed E-state index contributed by atoms with van der Waals surface area (Å²) in [5, 5.41) is 0. The van der Waals surface area contributed by atoms with Gasteiger partial charge in [-0.3, -0.25) is 4.79 Å². The zero-order valence-corrected chi connectivity index (χ0v) is 14.2. The van der Waals surface area contributed by atoms with E-state index >= 15 is 0 Å². The first-order valence-corrected chi connectivity index (χ1v) is 8.17. The summed E-state index contributed by atoms with van der Waals surface area (Å²) in [6, 6.07) is 3.60. The summed E-state index contributed by atoms with van der Waals surface area (Å²) in [6.07, 6.45) is 2.54. The van der Waals surface area contributed by atoms with Gasteiger partial charge >= 0.3 is 0 Å². The molecule has 0 radical (unpaired) electrons. The van der Waals surface area contributed by atoms with Crippen molar-refractivity contribution < 1.29 is 4.79 Å². The van der Waals surface area contributed by atoms with Gasteiger partial charge in [0.15, 0.2) is 0 Å². The molecule has 0 saturated carbocycles. The first-order valence-electron chi connectivity index (χ1n) is 7.38. The predicted molar refractivity (Wildman–Crippen MR) is 88.2 cm³/mol. The summed E-state index contributed by atoms with van der Waals surface area (Å²) < 4.78 is 0.972. The van der Waals surface area contributed by atoms with Gasteiger partial charge in [0.25, 0.3) is 0 Å². The van der Waals surface area contributed by atoms with Crippen molar-refractivity contribution in [1.29, 1.82) is 0 Å². The van der Waals surface area contributed by atoms with Crippen molar-refractivity contribution >= 4 is 27.7 Å². The number of piperazine rings is 1. The van der Waals surface area contributed by atoms with Gasteiger partial charge in [-0.25, -0.2) is 4.98 Å². The van der Waals surface area contributed by atoms with Crippen LogP contribution in [0, 0.1) is 5.92 Å². The number of carbonyl (C=O) groups is 1. The molecule has 0 aromatic carbocycles. The molecule has 0 bridgehead atoms. The van der Waals surface area contributed by atoms with E-state index in [-0.39, 0.29) is 11.9 Å². The van der Waals surface area contributed by atoms with Crippen LogP contribution in [0.3, 0.4) is 0 Å². The monoisotopic (exact) mass is 354 g/mol. The molecule has 1 fully saturated rings. The normalized spacial score (nSPS) is 17.2. The second-order valence-corrected chi connectivity index (χ2v) is 6.80. The minimum absolute atomic E-state index is 0.0760. The number of nitrogens with zero attached hydrogens (tertiary/aromatic N) is 3. The van der Waals surface area contributed by atoms with E-state index < -0.39 is 0 Å². The van der Waals surface area contributed by atoms with Gasteiger partial charge < -0.3 is 15.5 Å². The quantitative estimate of drug-likeness (QED) is 0.896. The highest BCUT2D eigenvalue weighted by Crippen LogP contribution is 2.17. The zero-order valence-electron chi connectivity index (χ0n) is 12.6. The fourth-order valence-corrected chi connectivity index (χ4v) is 2.79. The van der Waals surface area contributed by atoms with Crippen molar-refractivity contribution in [3.63, 3.8) is 0 Å². The minimum Gasteiger partial charge on any atom is -0.353 e. The number of amides is 1. The van der Waals surface area contributed by atoms with Crippen LogP contribution in [0.5, 0.6) is 0 Å². The summed E-state index contributed by atoms with van der Waals surface area (Å²) in [7, 11) is 0. The van der Waals surface area contributed by atoms with Crippen LogP contribution >= 0.6 is 15.9 Å². The number of hydrogen-bond donors (Lipinski definition) is 1. The molecule has 0 aliphatic carbocycles. The van der Waals surface area contributed by atoms with E-state index in [1.807, 2.05) is 17.0 Å². The van der Waals surface area contributed by atoms with E-state index in [1.54, 1.807) is 6.20 Å². The maximum Gasteiger partial charge on any atom is 0.239 e. The van der Waals surface area contributed by atoms with E-state index in [0.717, 1.165) is 29.8 Å². The van der Waals surface area contributed by atoms with Gasteiger partial charge in [0.05, 0.1) is 6.04 Å². The Balaban J connectivity index is 1.88. The second-order valence-electron chi connectivity index (χ2n) is 5.88. The average molecular weight is 355 g/mol. The van der Waals surface area contributed by atoms with E-state index in [0.29, 0.717) is 19.0 Å². The van der Waals surface area contributed by atoms with Gasteiger partial charge in [-0.15, -0.1) is 0 Å². The van der Waals surface area contributed by atoms with Crippen molar-refractivity contribution in [2.24, 2.45) is 11.7 Å². The Labute approximate surface area is 134 Å². The molecule has 1 saturated heterocycles. The van der Waals surface area contributed by atoms with E-state index in [2.05, 4.69) is 39.7 Å². The lowest BCUT2D eigenvalue weighted by Crippen LogP contribution is -2.53. The lowest BCUT2D eigenvalue weighted by molar-refractivity contribution is -0.133. The van der Waals surface area contributed by atoms with Gasteiger partial charge in [-0.2, -0.15) is 0 Å². The van der Waals surface area contributed by atoms with Crippen LogP contribution in [-0.2, 0) is 4.79 Å². The van der Waals surface area contributed by atoms with Crippen molar-refractivity contribution in [2.45, 2.75) is 26.3 Å². The predicted octanol–water partition coefficient (Wildman–Crippen LogP) is 1.87. The first-order chi connectivity index (χ1) is 9.97. The number of hydrogen-bond acceptors (Lipinski definition) is 4. The topological polar surface area (TPSA) is 62.5 Å². The summed E-state index contributed by atoms with van der Waals surface area (Å²) in [6.45, 7) is 7.20. The van der Waals surface area contributed by atoms with Crippen molar-refractivity contribution in [3.8, 4) is 0 Å². The standard InChI is InChI=1S/C15H23BrN4O/c1-11(2)9-13(17)15(21)20-7-5-19(6-8-20)14-4-3-12(16)10-18-14/h3-4,10-11,13H,5-9,17H2,1-2H3. The second kappa shape index (κ2) is 7.22. The molecular weight excluding hydrogens is 332 g/mol. The van der Waals surface area contributed by atoms with E-state index in [1.165, 1.54) is 0 Å². The molecule has 1 unspecified atom stereocenters. The molecular formula is C15H23BrN4O. The molecule has 2 rings (SSSR count). The highest BCUT2D eigenvalue weighted by molar-refractivity contribution is 9.10. The third kappa shape index (κ3) is 4.41. The highest BCUT2D eigenvalue weighted by Gasteiger charge is 2.26. The van der Waals surface area contributed by atoms with Crippen molar-refractivity contribution in [2.75, 3.05) is 31.1 Å². The molecule has 0 spiro atoms. The SMILES string of the molecule is CC(C)CC(N)C(=O)N1CCN(c2ccc(Br)cn2)CC1. The van der Waals surface area contributed by atoms with Crippen LogP contribution in [0.25, 0.3) is 0 Å². The largest absolute Gasteiger partial charge is 0.353 e. The van der Waals surface area contributed by atoms with Gasteiger partial charge in [0, 0.05) is 36.8 Å². The van der Waals surface area contributed by atoms with Crippen molar-refractivity contribution in [1.82, 2.24) is 9.88 Å². The van der Waals surface area contributed by atoms with Gasteiger partial charge in [-0.1, -0.05) is 13.8 Å². The number of rotatable bonds is 4. The van der Waals surface area contributed by atoms with Gasteiger partial charge in [-0.05, 0) is 40.4 Å². The van der Waals surface area contributed by atoms with Crippen LogP contribution in [0.1, 0.15) is 20.3 Å². The number of aromatic nitrogens is 1. The minimum atomic E-state index is -0.373. The number of carbonyl (C=O) groups excluding carboxylic acids is 1. The Bertz CT molecular complexity index is 469. The molecule has 5 nitrogen and oxygen atoms in total. The molecule has 1 aromatic rings. The molecule has 6 heteroatoms. The lowest BCUT2D eigenvalue weighted by Gasteiger charge is -2.36. The fraction of sp³-hybridized carbons (Fsp3) is 0.600. The smallest absolute Gasteiger partial charge is 0.239 e. The average Bonchev–Trinajstić information content (AvgIpc) is 2.47. The number of nitrogens with two attached hydrogens (primary N) is 1. The number of anilines is 1. The fourth-order valence-electron chi connectivity index (χ4n) is 2.55. The molecule has 1 aliphatic rings. The molecule has 1 aromatic heterocycles. The Morgan fingerprint density at radius 2 is 2.00 bits per heavy atom. The molecule has 116 valence electrons. The first kappa shape index (κ1) is 16.2. The third-order valence-corrected chi connectivity index (χ3v) is 4.14.